The molecule has 1 amide bonds. The second-order valence-electron chi connectivity index (χ2n) is 6.49. The zero-order valence-electron chi connectivity index (χ0n) is 15.7. The molecule has 0 unspecified atom stereocenters. The van der Waals surface area contributed by atoms with E-state index in [1.807, 2.05) is 50.2 Å². The Morgan fingerprint density at radius 3 is 2.33 bits per heavy atom. The Bertz CT molecular complexity index is 916. The van der Waals surface area contributed by atoms with Crippen LogP contribution in [0.25, 0.3) is 0 Å². The first-order valence-electron chi connectivity index (χ1n) is 8.75. The van der Waals surface area contributed by atoms with E-state index in [0.29, 0.717) is 12.1 Å². The average molecular weight is 361 g/mol. The Morgan fingerprint density at radius 1 is 0.963 bits per heavy atom. The van der Waals surface area contributed by atoms with E-state index in [9.17, 15) is 4.79 Å². The van der Waals surface area contributed by atoms with Crippen LogP contribution in [0.15, 0.2) is 60.9 Å². The number of hydrogen-bond donors (Lipinski definition) is 2. The standard InChI is InChI=1S/C22H23N3O2/c1-15-8-16(2)10-19(9-15)25-22(26)18-11-20(14-23-13-18)24-12-17-4-6-21(27-3)7-5-17/h4-11,13-14,24H,12H2,1-3H3,(H,25,26). The van der Waals surface area contributed by atoms with Crippen LogP contribution in [-0.4, -0.2) is 18.0 Å². The normalized spacial score (nSPS) is 10.3. The Balaban J connectivity index is 1.66. The predicted octanol–water partition coefficient (Wildman–Crippen LogP) is 4.57. The Labute approximate surface area is 159 Å². The number of aryl methyl sites for hydroxylation is 2. The van der Waals surface area contributed by atoms with Crippen molar-refractivity contribution in [2.45, 2.75) is 20.4 Å². The summed E-state index contributed by atoms with van der Waals surface area (Å²) in [6, 6.07) is 15.6. The van der Waals surface area contributed by atoms with Crippen molar-refractivity contribution < 1.29 is 9.53 Å². The maximum Gasteiger partial charge on any atom is 0.257 e. The van der Waals surface area contributed by atoms with Gasteiger partial charge in [-0.1, -0.05) is 18.2 Å². The average Bonchev–Trinajstić information content (AvgIpc) is 2.66. The van der Waals surface area contributed by atoms with Gasteiger partial charge < -0.3 is 15.4 Å². The van der Waals surface area contributed by atoms with Crippen LogP contribution in [0.3, 0.4) is 0 Å². The van der Waals surface area contributed by atoms with E-state index in [2.05, 4.69) is 21.7 Å². The quantitative estimate of drug-likeness (QED) is 0.675. The summed E-state index contributed by atoms with van der Waals surface area (Å²) in [5, 5.41) is 6.23. The SMILES string of the molecule is COc1ccc(CNc2cncc(C(=O)Nc3cc(C)cc(C)c3)c2)cc1. The minimum Gasteiger partial charge on any atom is -0.497 e. The van der Waals surface area contributed by atoms with Gasteiger partial charge in [0.1, 0.15) is 5.75 Å². The summed E-state index contributed by atoms with van der Waals surface area (Å²) < 4.78 is 5.16. The van der Waals surface area contributed by atoms with Gasteiger partial charge in [-0.2, -0.15) is 0 Å². The summed E-state index contributed by atoms with van der Waals surface area (Å²) in [4.78, 5) is 16.7. The van der Waals surface area contributed by atoms with Crippen LogP contribution in [-0.2, 0) is 6.54 Å². The van der Waals surface area contributed by atoms with Gasteiger partial charge in [-0.3, -0.25) is 9.78 Å². The van der Waals surface area contributed by atoms with Crippen molar-refractivity contribution in [2.24, 2.45) is 0 Å². The molecule has 3 rings (SSSR count). The molecule has 138 valence electrons. The first kappa shape index (κ1) is 18.5. The molecule has 0 radical (unpaired) electrons. The third-order valence-corrected chi connectivity index (χ3v) is 4.14. The molecule has 0 atom stereocenters. The van der Waals surface area contributed by atoms with Crippen molar-refractivity contribution in [1.29, 1.82) is 0 Å². The number of methoxy groups -OCH3 is 1. The Kier molecular flexibility index (Phi) is 5.71. The number of anilines is 2. The van der Waals surface area contributed by atoms with Crippen LogP contribution in [0.2, 0.25) is 0 Å². The minimum atomic E-state index is -0.180. The fourth-order valence-electron chi connectivity index (χ4n) is 2.86. The number of pyridine rings is 1. The van der Waals surface area contributed by atoms with Crippen LogP contribution in [0.1, 0.15) is 27.0 Å². The molecule has 2 aromatic carbocycles. The Morgan fingerprint density at radius 2 is 1.67 bits per heavy atom. The van der Waals surface area contributed by atoms with Crippen LogP contribution in [0.5, 0.6) is 5.75 Å². The van der Waals surface area contributed by atoms with Crippen LogP contribution in [0, 0.1) is 13.8 Å². The molecule has 0 saturated heterocycles. The van der Waals surface area contributed by atoms with Gasteiger partial charge in [0.15, 0.2) is 0 Å². The highest BCUT2D eigenvalue weighted by molar-refractivity contribution is 6.04. The summed E-state index contributed by atoms with van der Waals surface area (Å²) in [6.07, 6.45) is 3.27. The van der Waals surface area contributed by atoms with Gasteiger partial charge >= 0.3 is 0 Å². The third kappa shape index (κ3) is 5.07. The predicted molar refractivity (Wildman–Crippen MR) is 108 cm³/mol. The van der Waals surface area contributed by atoms with Gasteiger partial charge in [-0.15, -0.1) is 0 Å². The number of carbonyl (C=O) groups excluding carboxylic acids is 1. The molecular weight excluding hydrogens is 338 g/mol. The van der Waals surface area contributed by atoms with E-state index in [1.54, 1.807) is 25.6 Å². The molecule has 1 heterocycles. The first-order valence-corrected chi connectivity index (χ1v) is 8.75. The second kappa shape index (κ2) is 8.36. The smallest absolute Gasteiger partial charge is 0.257 e. The van der Waals surface area contributed by atoms with Gasteiger partial charge in [-0.05, 0) is 60.9 Å². The molecule has 0 aliphatic rings. The summed E-state index contributed by atoms with van der Waals surface area (Å²) in [7, 11) is 1.65. The minimum absolute atomic E-state index is 0.180. The largest absolute Gasteiger partial charge is 0.497 e. The lowest BCUT2D eigenvalue weighted by atomic mass is 10.1. The number of rotatable bonds is 6. The number of hydrogen-bond acceptors (Lipinski definition) is 4. The molecule has 2 N–H and O–H groups in total. The van der Waals surface area contributed by atoms with E-state index in [4.69, 9.17) is 4.74 Å². The molecule has 0 aliphatic heterocycles. The highest BCUT2D eigenvalue weighted by Crippen LogP contribution is 2.17. The topological polar surface area (TPSA) is 63.2 Å². The lowest BCUT2D eigenvalue weighted by molar-refractivity contribution is 0.102. The summed E-state index contributed by atoms with van der Waals surface area (Å²) in [6.45, 7) is 4.65. The monoisotopic (exact) mass is 361 g/mol. The van der Waals surface area contributed by atoms with E-state index >= 15 is 0 Å². The Hall–Kier alpha value is -3.34. The fourth-order valence-corrected chi connectivity index (χ4v) is 2.86. The van der Waals surface area contributed by atoms with Gasteiger partial charge in [0.05, 0.1) is 18.4 Å². The summed E-state index contributed by atoms with van der Waals surface area (Å²) in [5.41, 5.74) is 5.42. The molecule has 5 heteroatoms. The lowest BCUT2D eigenvalue weighted by Crippen LogP contribution is -2.13. The highest BCUT2D eigenvalue weighted by Gasteiger charge is 2.08. The molecule has 0 aliphatic carbocycles. The number of nitrogens with one attached hydrogen (secondary N) is 2. The van der Waals surface area contributed by atoms with Crippen molar-refractivity contribution in [2.75, 3.05) is 17.7 Å². The number of carbonyl (C=O) groups is 1. The lowest BCUT2D eigenvalue weighted by Gasteiger charge is -2.10. The maximum absolute atomic E-state index is 12.5. The molecule has 0 spiro atoms. The number of benzene rings is 2. The zero-order valence-corrected chi connectivity index (χ0v) is 15.7. The number of aromatic nitrogens is 1. The van der Waals surface area contributed by atoms with Crippen molar-refractivity contribution >= 4 is 17.3 Å². The van der Waals surface area contributed by atoms with E-state index in [1.165, 1.54) is 0 Å². The van der Waals surface area contributed by atoms with Crippen molar-refractivity contribution in [1.82, 2.24) is 4.98 Å². The number of amides is 1. The zero-order chi connectivity index (χ0) is 19.2. The number of ether oxygens (including phenoxy) is 1. The van der Waals surface area contributed by atoms with Gasteiger partial charge in [0.25, 0.3) is 5.91 Å². The van der Waals surface area contributed by atoms with E-state index in [0.717, 1.165) is 33.8 Å². The molecule has 0 fully saturated rings. The molecule has 27 heavy (non-hydrogen) atoms. The van der Waals surface area contributed by atoms with E-state index < -0.39 is 0 Å². The van der Waals surface area contributed by atoms with Crippen molar-refractivity contribution in [3.63, 3.8) is 0 Å². The van der Waals surface area contributed by atoms with E-state index in [-0.39, 0.29) is 5.91 Å². The third-order valence-electron chi connectivity index (χ3n) is 4.14. The van der Waals surface area contributed by atoms with Crippen LogP contribution in [0.4, 0.5) is 11.4 Å². The highest BCUT2D eigenvalue weighted by atomic mass is 16.5. The number of nitrogens with zero attached hydrogens (tertiary/aromatic N) is 1. The first-order chi connectivity index (χ1) is 13.0. The van der Waals surface area contributed by atoms with Gasteiger partial charge in [-0.25, -0.2) is 0 Å². The molecule has 0 bridgehead atoms. The second-order valence-corrected chi connectivity index (χ2v) is 6.49. The molecule has 0 saturated carbocycles. The maximum atomic E-state index is 12.5. The summed E-state index contributed by atoms with van der Waals surface area (Å²) in [5.74, 6) is 0.645. The molecule has 1 aromatic heterocycles. The molecular formula is C22H23N3O2. The molecule has 3 aromatic rings. The molecule has 5 nitrogen and oxygen atoms in total. The van der Waals surface area contributed by atoms with Crippen LogP contribution >= 0.6 is 0 Å². The summed E-state index contributed by atoms with van der Waals surface area (Å²) >= 11 is 0. The van der Waals surface area contributed by atoms with Crippen molar-refractivity contribution in [3.8, 4) is 5.75 Å². The van der Waals surface area contributed by atoms with Gasteiger partial charge in [0, 0.05) is 24.6 Å². The fraction of sp³-hybridized carbons (Fsp3) is 0.182. The van der Waals surface area contributed by atoms with Crippen molar-refractivity contribution in [3.05, 3.63) is 83.2 Å². The van der Waals surface area contributed by atoms with Gasteiger partial charge in [0.2, 0.25) is 0 Å². The van der Waals surface area contributed by atoms with Crippen LogP contribution < -0.4 is 15.4 Å².